The maximum absolute atomic E-state index is 3.53. The normalized spacial score (nSPS) is 15.6. The minimum atomic E-state index is 0.980. The Morgan fingerprint density at radius 1 is 1.37 bits per heavy atom. The SMILES string of the molecule is Brc1csc(CNCCN2CCc3sccc3C2)c1. The Hall–Kier alpha value is -0.200. The van der Waals surface area contributed by atoms with Crippen LogP contribution in [0.5, 0.6) is 0 Å². The summed E-state index contributed by atoms with van der Waals surface area (Å²) in [6.45, 7) is 5.52. The lowest BCUT2D eigenvalue weighted by molar-refractivity contribution is 0.256. The van der Waals surface area contributed by atoms with E-state index in [0.717, 1.165) is 26.2 Å². The molecule has 5 heteroatoms. The van der Waals surface area contributed by atoms with Crippen molar-refractivity contribution in [3.05, 3.63) is 42.7 Å². The highest BCUT2D eigenvalue weighted by molar-refractivity contribution is 9.10. The summed E-state index contributed by atoms with van der Waals surface area (Å²) in [5.41, 5.74) is 1.54. The Bertz CT molecular complexity index is 535. The van der Waals surface area contributed by atoms with E-state index < -0.39 is 0 Å². The maximum Gasteiger partial charge on any atom is 0.0300 e. The predicted octanol–water partition coefficient (Wildman–Crippen LogP) is 3.72. The first-order chi connectivity index (χ1) is 9.31. The second kappa shape index (κ2) is 6.50. The van der Waals surface area contributed by atoms with Crippen molar-refractivity contribution in [2.75, 3.05) is 19.6 Å². The van der Waals surface area contributed by atoms with E-state index in [1.807, 2.05) is 11.3 Å². The first-order valence-corrected chi connectivity index (χ1v) is 9.08. The van der Waals surface area contributed by atoms with E-state index in [1.54, 1.807) is 21.8 Å². The minimum Gasteiger partial charge on any atom is -0.311 e. The molecular formula is C14H17BrN2S2. The number of nitrogens with zero attached hydrogens (tertiary/aromatic N) is 1. The lowest BCUT2D eigenvalue weighted by atomic mass is 10.1. The number of fused-ring (bicyclic) bond motifs is 1. The van der Waals surface area contributed by atoms with Gasteiger partial charge in [0.1, 0.15) is 0 Å². The van der Waals surface area contributed by atoms with Crippen LogP contribution in [0.3, 0.4) is 0 Å². The predicted molar refractivity (Wildman–Crippen MR) is 87.0 cm³/mol. The quantitative estimate of drug-likeness (QED) is 0.821. The van der Waals surface area contributed by atoms with Crippen LogP contribution in [0.1, 0.15) is 15.3 Å². The van der Waals surface area contributed by atoms with E-state index in [1.165, 1.54) is 22.3 Å². The van der Waals surface area contributed by atoms with Gasteiger partial charge in [-0.3, -0.25) is 4.90 Å². The van der Waals surface area contributed by atoms with E-state index in [2.05, 4.69) is 49.0 Å². The van der Waals surface area contributed by atoms with Gasteiger partial charge in [-0.25, -0.2) is 0 Å². The lowest BCUT2D eigenvalue weighted by Crippen LogP contribution is -2.35. The standard InChI is InChI=1S/C14H17BrN2S2/c15-12-7-13(19-10-12)8-16-3-5-17-4-1-14-11(9-17)2-6-18-14/h2,6-7,10,16H,1,3-5,8-9H2. The van der Waals surface area contributed by atoms with Crippen molar-refractivity contribution < 1.29 is 0 Å². The molecule has 0 aromatic carbocycles. The van der Waals surface area contributed by atoms with E-state index in [9.17, 15) is 0 Å². The highest BCUT2D eigenvalue weighted by Crippen LogP contribution is 2.23. The van der Waals surface area contributed by atoms with Gasteiger partial charge in [-0.15, -0.1) is 22.7 Å². The Balaban J connectivity index is 1.39. The molecule has 2 aromatic heterocycles. The molecule has 0 spiro atoms. The molecule has 19 heavy (non-hydrogen) atoms. The fraction of sp³-hybridized carbons (Fsp3) is 0.429. The average Bonchev–Trinajstić information content (AvgIpc) is 3.03. The van der Waals surface area contributed by atoms with Crippen LogP contribution in [0.4, 0.5) is 0 Å². The van der Waals surface area contributed by atoms with Crippen molar-refractivity contribution in [3.63, 3.8) is 0 Å². The van der Waals surface area contributed by atoms with Gasteiger partial charge in [0.2, 0.25) is 0 Å². The van der Waals surface area contributed by atoms with Gasteiger partial charge in [-0.1, -0.05) is 0 Å². The van der Waals surface area contributed by atoms with Crippen molar-refractivity contribution >= 4 is 38.6 Å². The van der Waals surface area contributed by atoms with E-state index in [-0.39, 0.29) is 0 Å². The molecule has 0 saturated heterocycles. The smallest absolute Gasteiger partial charge is 0.0300 e. The molecule has 0 unspecified atom stereocenters. The molecule has 0 aliphatic carbocycles. The molecule has 0 amide bonds. The van der Waals surface area contributed by atoms with E-state index in [0.29, 0.717) is 0 Å². The number of rotatable bonds is 5. The molecule has 2 aromatic rings. The van der Waals surface area contributed by atoms with Gasteiger partial charge in [0, 0.05) is 52.3 Å². The molecule has 1 aliphatic rings. The lowest BCUT2D eigenvalue weighted by Gasteiger charge is -2.26. The van der Waals surface area contributed by atoms with Crippen molar-refractivity contribution in [1.82, 2.24) is 10.2 Å². The zero-order valence-electron chi connectivity index (χ0n) is 10.7. The van der Waals surface area contributed by atoms with Gasteiger partial charge >= 0.3 is 0 Å². The van der Waals surface area contributed by atoms with Gasteiger partial charge in [0.05, 0.1) is 0 Å². The van der Waals surface area contributed by atoms with Crippen molar-refractivity contribution in [1.29, 1.82) is 0 Å². The summed E-state index contributed by atoms with van der Waals surface area (Å²) in [6.07, 6.45) is 1.23. The molecule has 0 fully saturated rings. The summed E-state index contributed by atoms with van der Waals surface area (Å²) >= 11 is 7.21. The third-order valence-corrected chi connectivity index (χ3v) is 6.13. The molecule has 1 N–H and O–H groups in total. The summed E-state index contributed by atoms with van der Waals surface area (Å²) in [4.78, 5) is 5.53. The van der Waals surface area contributed by atoms with Gasteiger partial charge in [-0.2, -0.15) is 0 Å². The number of hydrogen-bond acceptors (Lipinski definition) is 4. The zero-order chi connectivity index (χ0) is 13.1. The molecule has 2 nitrogen and oxygen atoms in total. The van der Waals surface area contributed by atoms with Crippen LogP contribution in [0.2, 0.25) is 0 Å². The van der Waals surface area contributed by atoms with Crippen LogP contribution >= 0.6 is 38.6 Å². The summed E-state index contributed by atoms with van der Waals surface area (Å²) < 4.78 is 1.19. The number of nitrogens with one attached hydrogen (secondary N) is 1. The van der Waals surface area contributed by atoms with Gasteiger partial charge in [0.15, 0.2) is 0 Å². The zero-order valence-corrected chi connectivity index (χ0v) is 13.9. The highest BCUT2D eigenvalue weighted by atomic mass is 79.9. The second-order valence-electron chi connectivity index (χ2n) is 4.80. The Kier molecular flexibility index (Phi) is 4.71. The van der Waals surface area contributed by atoms with Gasteiger partial charge < -0.3 is 5.32 Å². The van der Waals surface area contributed by atoms with Crippen LogP contribution in [0, 0.1) is 0 Å². The molecule has 0 saturated carbocycles. The van der Waals surface area contributed by atoms with E-state index >= 15 is 0 Å². The van der Waals surface area contributed by atoms with Crippen LogP contribution in [-0.4, -0.2) is 24.5 Å². The first kappa shape index (κ1) is 13.8. The number of thiophene rings is 2. The van der Waals surface area contributed by atoms with Gasteiger partial charge in [-0.05, 0) is 45.4 Å². The minimum absolute atomic E-state index is 0.980. The summed E-state index contributed by atoms with van der Waals surface area (Å²) in [5, 5.41) is 7.89. The fourth-order valence-electron chi connectivity index (χ4n) is 2.39. The first-order valence-electron chi connectivity index (χ1n) is 6.52. The van der Waals surface area contributed by atoms with Crippen molar-refractivity contribution in [2.45, 2.75) is 19.5 Å². The Labute approximate surface area is 130 Å². The second-order valence-corrected chi connectivity index (χ2v) is 7.72. The Morgan fingerprint density at radius 2 is 2.32 bits per heavy atom. The summed E-state index contributed by atoms with van der Waals surface area (Å²) in [7, 11) is 0. The van der Waals surface area contributed by atoms with Crippen LogP contribution < -0.4 is 5.32 Å². The average molecular weight is 357 g/mol. The molecule has 0 atom stereocenters. The molecule has 3 heterocycles. The number of hydrogen-bond donors (Lipinski definition) is 1. The van der Waals surface area contributed by atoms with Gasteiger partial charge in [0.25, 0.3) is 0 Å². The highest BCUT2D eigenvalue weighted by Gasteiger charge is 2.16. The third-order valence-electron chi connectivity index (χ3n) is 3.41. The topological polar surface area (TPSA) is 15.3 Å². The molecule has 0 bridgehead atoms. The molecule has 3 rings (SSSR count). The van der Waals surface area contributed by atoms with Crippen LogP contribution in [0.15, 0.2) is 27.4 Å². The van der Waals surface area contributed by atoms with E-state index in [4.69, 9.17) is 0 Å². The maximum atomic E-state index is 3.53. The number of halogens is 1. The molecular weight excluding hydrogens is 340 g/mol. The van der Waals surface area contributed by atoms with Crippen LogP contribution in [-0.2, 0) is 19.5 Å². The largest absolute Gasteiger partial charge is 0.311 e. The Morgan fingerprint density at radius 3 is 3.16 bits per heavy atom. The monoisotopic (exact) mass is 356 g/mol. The summed E-state index contributed by atoms with van der Waals surface area (Å²) in [5.74, 6) is 0. The summed E-state index contributed by atoms with van der Waals surface area (Å²) in [6, 6.07) is 4.47. The van der Waals surface area contributed by atoms with Crippen molar-refractivity contribution in [2.24, 2.45) is 0 Å². The third kappa shape index (κ3) is 3.67. The molecule has 102 valence electrons. The van der Waals surface area contributed by atoms with Crippen LogP contribution in [0.25, 0.3) is 0 Å². The molecule has 0 radical (unpaired) electrons. The molecule has 1 aliphatic heterocycles. The fourth-order valence-corrected chi connectivity index (χ4v) is 4.70. The van der Waals surface area contributed by atoms with Crippen molar-refractivity contribution in [3.8, 4) is 0 Å².